The molecular weight excluding hydrogens is 350 g/mol. The molecular formula is C16H20BrNO4. The van der Waals surface area contributed by atoms with Gasteiger partial charge in [0.05, 0.1) is 24.1 Å². The summed E-state index contributed by atoms with van der Waals surface area (Å²) in [6.45, 7) is 3.24. The standard InChI is InChI=1S/C16H20BrNO4/c1-3-22-16(20)12-5-4-8-18(10-12)15(19)11-6-7-14(21-2)13(17)9-11/h6-7,9,12H,3-5,8,10H2,1-2H3/t12-/m0/s1. The van der Waals surface area contributed by atoms with Crippen LogP contribution in [0.4, 0.5) is 0 Å². The summed E-state index contributed by atoms with van der Waals surface area (Å²) in [6, 6.07) is 5.24. The van der Waals surface area contributed by atoms with Gasteiger partial charge in [-0.3, -0.25) is 9.59 Å². The first-order chi connectivity index (χ1) is 10.6. The van der Waals surface area contributed by atoms with Gasteiger partial charge in [0.25, 0.3) is 5.91 Å². The lowest BCUT2D eigenvalue weighted by atomic mass is 9.97. The van der Waals surface area contributed by atoms with E-state index in [1.165, 1.54) is 0 Å². The molecule has 0 spiro atoms. The van der Waals surface area contributed by atoms with E-state index in [4.69, 9.17) is 9.47 Å². The molecule has 2 rings (SSSR count). The van der Waals surface area contributed by atoms with Gasteiger partial charge in [-0.25, -0.2) is 0 Å². The summed E-state index contributed by atoms with van der Waals surface area (Å²) in [7, 11) is 1.58. The maximum atomic E-state index is 12.6. The van der Waals surface area contributed by atoms with Gasteiger partial charge >= 0.3 is 5.97 Å². The SMILES string of the molecule is CCOC(=O)[C@H]1CCCN(C(=O)c2ccc(OC)c(Br)c2)C1. The first-order valence-corrected chi connectivity index (χ1v) is 8.15. The number of carbonyl (C=O) groups excluding carboxylic acids is 2. The smallest absolute Gasteiger partial charge is 0.310 e. The highest BCUT2D eigenvalue weighted by Gasteiger charge is 2.29. The van der Waals surface area contributed by atoms with Crippen molar-refractivity contribution in [2.24, 2.45) is 5.92 Å². The highest BCUT2D eigenvalue weighted by molar-refractivity contribution is 9.10. The fourth-order valence-electron chi connectivity index (χ4n) is 2.60. The summed E-state index contributed by atoms with van der Waals surface area (Å²) in [5.74, 6) is 0.173. The van der Waals surface area contributed by atoms with Crippen molar-refractivity contribution in [3.8, 4) is 5.75 Å². The zero-order chi connectivity index (χ0) is 16.1. The van der Waals surface area contributed by atoms with Crippen molar-refractivity contribution in [2.75, 3.05) is 26.8 Å². The van der Waals surface area contributed by atoms with E-state index in [2.05, 4.69) is 15.9 Å². The molecule has 120 valence electrons. The van der Waals surface area contributed by atoms with Gasteiger partial charge < -0.3 is 14.4 Å². The molecule has 0 N–H and O–H groups in total. The van der Waals surface area contributed by atoms with E-state index in [0.29, 0.717) is 31.0 Å². The van der Waals surface area contributed by atoms with Gasteiger partial charge in [0.2, 0.25) is 0 Å². The molecule has 0 aliphatic carbocycles. The second-order valence-corrected chi connectivity index (χ2v) is 6.05. The quantitative estimate of drug-likeness (QED) is 0.765. The average molecular weight is 370 g/mol. The molecule has 6 heteroatoms. The van der Waals surface area contributed by atoms with Crippen LogP contribution in [0, 0.1) is 5.92 Å². The van der Waals surface area contributed by atoms with Gasteiger partial charge in [0, 0.05) is 18.7 Å². The molecule has 0 unspecified atom stereocenters. The normalized spacial score (nSPS) is 18.0. The Bertz CT molecular complexity index is 561. The lowest BCUT2D eigenvalue weighted by Gasteiger charge is -2.31. The third kappa shape index (κ3) is 3.80. The van der Waals surface area contributed by atoms with Gasteiger partial charge in [0.15, 0.2) is 0 Å². The Morgan fingerprint density at radius 2 is 2.18 bits per heavy atom. The van der Waals surface area contributed by atoms with Crippen LogP contribution in [0.5, 0.6) is 5.75 Å². The van der Waals surface area contributed by atoms with Crippen LogP contribution in [0.1, 0.15) is 30.1 Å². The largest absolute Gasteiger partial charge is 0.496 e. The third-order valence-electron chi connectivity index (χ3n) is 3.73. The number of piperidine rings is 1. The van der Waals surface area contributed by atoms with Crippen molar-refractivity contribution in [2.45, 2.75) is 19.8 Å². The average Bonchev–Trinajstić information content (AvgIpc) is 2.54. The molecule has 0 bridgehead atoms. The van der Waals surface area contributed by atoms with Crippen LogP contribution in [0.2, 0.25) is 0 Å². The molecule has 1 aliphatic heterocycles. The second-order valence-electron chi connectivity index (χ2n) is 5.19. The first-order valence-electron chi connectivity index (χ1n) is 7.36. The Hall–Kier alpha value is -1.56. The zero-order valence-electron chi connectivity index (χ0n) is 12.8. The van der Waals surface area contributed by atoms with E-state index in [1.54, 1.807) is 37.1 Å². The Balaban J connectivity index is 2.08. The van der Waals surface area contributed by atoms with Crippen molar-refractivity contribution in [3.63, 3.8) is 0 Å². The Morgan fingerprint density at radius 1 is 1.41 bits per heavy atom. The summed E-state index contributed by atoms with van der Waals surface area (Å²) >= 11 is 3.39. The number of hydrogen-bond acceptors (Lipinski definition) is 4. The highest BCUT2D eigenvalue weighted by Crippen LogP contribution is 2.27. The van der Waals surface area contributed by atoms with E-state index in [9.17, 15) is 9.59 Å². The van der Waals surface area contributed by atoms with Gasteiger partial charge in [-0.15, -0.1) is 0 Å². The molecule has 0 aromatic heterocycles. The maximum absolute atomic E-state index is 12.6. The van der Waals surface area contributed by atoms with Crippen molar-refractivity contribution < 1.29 is 19.1 Å². The highest BCUT2D eigenvalue weighted by atomic mass is 79.9. The lowest BCUT2D eigenvalue weighted by molar-refractivity contribution is -0.149. The summed E-state index contributed by atoms with van der Waals surface area (Å²) in [5.41, 5.74) is 0.581. The molecule has 1 amide bonds. The summed E-state index contributed by atoms with van der Waals surface area (Å²) in [4.78, 5) is 26.2. The number of nitrogens with zero attached hydrogens (tertiary/aromatic N) is 1. The number of ether oxygens (including phenoxy) is 2. The maximum Gasteiger partial charge on any atom is 0.310 e. The molecule has 0 saturated carbocycles. The van der Waals surface area contributed by atoms with Crippen LogP contribution < -0.4 is 4.74 Å². The minimum absolute atomic E-state index is 0.0719. The number of halogens is 1. The third-order valence-corrected chi connectivity index (χ3v) is 4.35. The topological polar surface area (TPSA) is 55.8 Å². The molecule has 1 atom stereocenters. The van der Waals surface area contributed by atoms with Crippen LogP contribution >= 0.6 is 15.9 Å². The predicted octanol–water partition coefficient (Wildman–Crippen LogP) is 2.87. The Labute approximate surface area is 138 Å². The van der Waals surface area contributed by atoms with Crippen LogP contribution in [0.3, 0.4) is 0 Å². The lowest BCUT2D eigenvalue weighted by Crippen LogP contribution is -2.42. The van der Waals surface area contributed by atoms with Crippen molar-refractivity contribution in [1.82, 2.24) is 4.90 Å². The van der Waals surface area contributed by atoms with Gasteiger partial charge in [0.1, 0.15) is 5.75 Å². The van der Waals surface area contributed by atoms with Gasteiger partial charge in [-0.1, -0.05) is 0 Å². The summed E-state index contributed by atoms with van der Waals surface area (Å²) in [6.07, 6.45) is 1.58. The Morgan fingerprint density at radius 3 is 2.82 bits per heavy atom. The van der Waals surface area contributed by atoms with Crippen LogP contribution in [-0.4, -0.2) is 43.6 Å². The van der Waals surface area contributed by atoms with E-state index < -0.39 is 0 Å². The summed E-state index contributed by atoms with van der Waals surface area (Å²) < 4.78 is 11.0. The number of methoxy groups -OCH3 is 1. The number of rotatable bonds is 4. The number of esters is 1. The molecule has 1 fully saturated rings. The van der Waals surface area contributed by atoms with E-state index >= 15 is 0 Å². The van der Waals surface area contributed by atoms with Crippen molar-refractivity contribution >= 4 is 27.8 Å². The van der Waals surface area contributed by atoms with Crippen LogP contribution in [-0.2, 0) is 9.53 Å². The monoisotopic (exact) mass is 369 g/mol. The van der Waals surface area contributed by atoms with E-state index in [0.717, 1.165) is 17.3 Å². The number of carbonyl (C=O) groups is 2. The van der Waals surface area contributed by atoms with Crippen LogP contribution in [0.15, 0.2) is 22.7 Å². The molecule has 5 nitrogen and oxygen atoms in total. The molecule has 1 aromatic carbocycles. The molecule has 22 heavy (non-hydrogen) atoms. The van der Waals surface area contributed by atoms with Gasteiger partial charge in [-0.2, -0.15) is 0 Å². The summed E-state index contributed by atoms with van der Waals surface area (Å²) in [5, 5.41) is 0. The second kappa shape index (κ2) is 7.63. The minimum Gasteiger partial charge on any atom is -0.496 e. The fraction of sp³-hybridized carbons (Fsp3) is 0.500. The Kier molecular flexibility index (Phi) is 5.83. The predicted molar refractivity (Wildman–Crippen MR) is 86.0 cm³/mol. The van der Waals surface area contributed by atoms with Crippen molar-refractivity contribution in [1.29, 1.82) is 0 Å². The molecule has 1 heterocycles. The van der Waals surface area contributed by atoms with E-state index in [-0.39, 0.29) is 17.8 Å². The molecule has 0 radical (unpaired) electrons. The fourth-order valence-corrected chi connectivity index (χ4v) is 3.14. The molecule has 1 saturated heterocycles. The first kappa shape index (κ1) is 16.8. The molecule has 1 aliphatic rings. The number of benzene rings is 1. The molecule has 1 aromatic rings. The zero-order valence-corrected chi connectivity index (χ0v) is 14.4. The number of likely N-dealkylation sites (tertiary alicyclic amines) is 1. The minimum atomic E-state index is -0.223. The van der Waals surface area contributed by atoms with Crippen LogP contribution in [0.25, 0.3) is 0 Å². The van der Waals surface area contributed by atoms with Crippen molar-refractivity contribution in [3.05, 3.63) is 28.2 Å². The van der Waals surface area contributed by atoms with E-state index in [1.807, 2.05) is 0 Å². The number of hydrogen-bond donors (Lipinski definition) is 0. The van der Waals surface area contributed by atoms with Gasteiger partial charge in [-0.05, 0) is 53.9 Å². The number of amides is 1.